The maximum absolute atomic E-state index is 13.4. The van der Waals surface area contributed by atoms with E-state index in [1.54, 1.807) is 4.90 Å². The van der Waals surface area contributed by atoms with Crippen molar-refractivity contribution in [3.05, 3.63) is 35.0 Å². The highest BCUT2D eigenvalue weighted by molar-refractivity contribution is 6.35. The Morgan fingerprint density at radius 2 is 1.88 bits per heavy atom. The number of aromatic nitrogens is 1. The van der Waals surface area contributed by atoms with Crippen molar-refractivity contribution in [2.45, 2.75) is 31.2 Å². The molecule has 2 fully saturated rings. The van der Waals surface area contributed by atoms with Gasteiger partial charge in [0.25, 0.3) is 5.91 Å². The van der Waals surface area contributed by atoms with E-state index in [0.717, 1.165) is 43.1 Å². The first-order chi connectivity index (χ1) is 12.0. The standard InChI is InChI=1S/C19H22ClN3O2/c1-21-10-4-8-19(18(21)25)9-5-11-23(19)17(24)15-12-13-6-3-7-14(20)16(13)22(15)2/h3,6-7,12H,4-5,8-11H2,1-2H3. The first-order valence-electron chi connectivity index (χ1n) is 8.77. The van der Waals surface area contributed by atoms with Crippen LogP contribution in [-0.2, 0) is 11.8 Å². The summed E-state index contributed by atoms with van der Waals surface area (Å²) in [5, 5.41) is 1.57. The first kappa shape index (κ1) is 16.5. The van der Waals surface area contributed by atoms with Crippen LogP contribution in [0.4, 0.5) is 0 Å². The SMILES string of the molecule is CN1CCCC2(CCCN2C(=O)c2cc3cccc(Cl)c3n2C)C1=O. The van der Waals surface area contributed by atoms with Gasteiger partial charge >= 0.3 is 0 Å². The summed E-state index contributed by atoms with van der Waals surface area (Å²) in [7, 11) is 3.69. The van der Waals surface area contributed by atoms with Gasteiger partial charge in [0.05, 0.1) is 10.5 Å². The van der Waals surface area contributed by atoms with E-state index in [4.69, 9.17) is 11.6 Å². The molecule has 4 rings (SSSR count). The van der Waals surface area contributed by atoms with Gasteiger partial charge in [-0.2, -0.15) is 0 Å². The molecule has 25 heavy (non-hydrogen) atoms. The smallest absolute Gasteiger partial charge is 0.271 e. The zero-order valence-corrected chi connectivity index (χ0v) is 15.3. The number of likely N-dealkylation sites (N-methyl/N-ethyl adjacent to an activating group) is 1. The van der Waals surface area contributed by atoms with Gasteiger partial charge in [-0.05, 0) is 37.8 Å². The van der Waals surface area contributed by atoms with Crippen LogP contribution < -0.4 is 0 Å². The largest absolute Gasteiger partial charge is 0.344 e. The maximum Gasteiger partial charge on any atom is 0.271 e. The highest BCUT2D eigenvalue weighted by atomic mass is 35.5. The minimum absolute atomic E-state index is 0.0732. The van der Waals surface area contributed by atoms with E-state index in [-0.39, 0.29) is 11.8 Å². The van der Waals surface area contributed by atoms with Crippen LogP contribution in [0, 0.1) is 0 Å². The van der Waals surface area contributed by atoms with Crippen LogP contribution in [0.1, 0.15) is 36.2 Å². The number of rotatable bonds is 1. The molecule has 5 nitrogen and oxygen atoms in total. The van der Waals surface area contributed by atoms with Gasteiger partial charge in [-0.15, -0.1) is 0 Å². The van der Waals surface area contributed by atoms with E-state index in [1.807, 2.05) is 47.8 Å². The molecule has 0 radical (unpaired) electrons. The van der Waals surface area contributed by atoms with Gasteiger partial charge in [-0.25, -0.2) is 0 Å². The average molecular weight is 360 g/mol. The van der Waals surface area contributed by atoms with Gasteiger partial charge < -0.3 is 14.4 Å². The number of benzene rings is 1. The van der Waals surface area contributed by atoms with Gasteiger partial charge in [0.1, 0.15) is 11.2 Å². The number of carbonyl (C=O) groups excluding carboxylic acids is 2. The Morgan fingerprint density at radius 1 is 1.16 bits per heavy atom. The Morgan fingerprint density at radius 3 is 2.60 bits per heavy atom. The molecule has 2 aliphatic rings. The molecule has 2 amide bonds. The topological polar surface area (TPSA) is 45.5 Å². The number of para-hydroxylation sites is 1. The summed E-state index contributed by atoms with van der Waals surface area (Å²) in [6.07, 6.45) is 3.32. The van der Waals surface area contributed by atoms with Gasteiger partial charge in [0, 0.05) is 32.6 Å². The minimum Gasteiger partial charge on any atom is -0.344 e. The molecule has 0 N–H and O–H groups in total. The van der Waals surface area contributed by atoms with Crippen LogP contribution in [0.5, 0.6) is 0 Å². The number of likely N-dealkylation sites (tertiary alicyclic amines) is 2. The summed E-state index contributed by atoms with van der Waals surface area (Å²) in [6, 6.07) is 7.55. The fourth-order valence-electron chi connectivity index (χ4n) is 4.54. The summed E-state index contributed by atoms with van der Waals surface area (Å²) < 4.78 is 1.85. The van der Waals surface area contributed by atoms with E-state index in [1.165, 1.54) is 0 Å². The van der Waals surface area contributed by atoms with Crippen molar-refractivity contribution in [3.8, 4) is 0 Å². The lowest BCUT2D eigenvalue weighted by atomic mass is 9.85. The van der Waals surface area contributed by atoms with Crippen molar-refractivity contribution in [1.82, 2.24) is 14.4 Å². The van der Waals surface area contributed by atoms with Gasteiger partial charge in [-0.3, -0.25) is 9.59 Å². The number of hydrogen-bond acceptors (Lipinski definition) is 2. The van der Waals surface area contributed by atoms with Crippen LogP contribution in [0.2, 0.25) is 5.02 Å². The predicted molar refractivity (Wildman–Crippen MR) is 97.8 cm³/mol. The van der Waals surface area contributed by atoms with E-state index >= 15 is 0 Å². The van der Waals surface area contributed by atoms with E-state index < -0.39 is 5.54 Å². The molecule has 1 atom stereocenters. The van der Waals surface area contributed by atoms with E-state index in [2.05, 4.69) is 0 Å². The highest BCUT2D eigenvalue weighted by Crippen LogP contribution is 2.39. The van der Waals surface area contributed by atoms with Crippen molar-refractivity contribution < 1.29 is 9.59 Å². The lowest BCUT2D eigenvalue weighted by molar-refractivity contribution is -0.144. The van der Waals surface area contributed by atoms with Gasteiger partial charge in [0.15, 0.2) is 0 Å². The minimum atomic E-state index is -0.662. The average Bonchev–Trinajstić information content (AvgIpc) is 3.15. The molecule has 0 aliphatic carbocycles. The van der Waals surface area contributed by atoms with Crippen molar-refractivity contribution in [3.63, 3.8) is 0 Å². The zero-order valence-electron chi connectivity index (χ0n) is 14.6. The molecular weight excluding hydrogens is 338 g/mol. The Hall–Kier alpha value is -2.01. The third kappa shape index (κ3) is 2.29. The van der Waals surface area contributed by atoms with Crippen molar-refractivity contribution in [2.75, 3.05) is 20.1 Å². The Labute approximate surface area is 152 Å². The van der Waals surface area contributed by atoms with Gasteiger partial charge in [0.2, 0.25) is 5.91 Å². The van der Waals surface area contributed by atoms with Crippen LogP contribution in [0.3, 0.4) is 0 Å². The second kappa shape index (κ2) is 5.77. The normalized spacial score (nSPS) is 23.9. The van der Waals surface area contributed by atoms with Crippen LogP contribution >= 0.6 is 11.6 Å². The van der Waals surface area contributed by atoms with E-state index in [0.29, 0.717) is 17.3 Å². The van der Waals surface area contributed by atoms with Gasteiger partial charge in [-0.1, -0.05) is 23.7 Å². The lowest BCUT2D eigenvalue weighted by Gasteiger charge is -2.43. The maximum atomic E-state index is 13.4. The number of piperidine rings is 1. The molecule has 6 heteroatoms. The highest BCUT2D eigenvalue weighted by Gasteiger charge is 2.52. The summed E-state index contributed by atoms with van der Waals surface area (Å²) >= 11 is 6.32. The number of halogens is 1. The van der Waals surface area contributed by atoms with Crippen LogP contribution in [0.15, 0.2) is 24.3 Å². The Balaban J connectivity index is 1.77. The Kier molecular flexibility index (Phi) is 3.80. The lowest BCUT2D eigenvalue weighted by Crippen LogP contribution is -2.60. The summed E-state index contributed by atoms with van der Waals surface area (Å²) in [5.41, 5.74) is 0.780. The second-order valence-corrected chi connectivity index (χ2v) is 7.60. The number of amides is 2. The molecule has 2 saturated heterocycles. The molecule has 1 spiro atoms. The molecule has 1 unspecified atom stereocenters. The second-order valence-electron chi connectivity index (χ2n) is 7.19. The molecule has 0 bridgehead atoms. The van der Waals surface area contributed by atoms with Crippen molar-refractivity contribution in [1.29, 1.82) is 0 Å². The number of hydrogen-bond donors (Lipinski definition) is 0. The Bertz CT molecular complexity index is 875. The molecule has 2 aromatic rings. The summed E-state index contributed by atoms with van der Waals surface area (Å²) in [5.74, 6) is 0.0114. The third-order valence-electron chi connectivity index (χ3n) is 5.79. The summed E-state index contributed by atoms with van der Waals surface area (Å²) in [6.45, 7) is 1.40. The monoisotopic (exact) mass is 359 g/mol. The quantitative estimate of drug-likeness (QED) is 0.785. The van der Waals surface area contributed by atoms with Crippen LogP contribution in [0.25, 0.3) is 10.9 Å². The van der Waals surface area contributed by atoms with E-state index in [9.17, 15) is 9.59 Å². The number of aryl methyl sites for hydroxylation is 1. The fourth-order valence-corrected chi connectivity index (χ4v) is 4.85. The van der Waals surface area contributed by atoms with Crippen molar-refractivity contribution in [2.24, 2.45) is 7.05 Å². The molecule has 132 valence electrons. The molecule has 1 aromatic carbocycles. The number of nitrogens with zero attached hydrogens (tertiary/aromatic N) is 3. The molecule has 2 aliphatic heterocycles. The summed E-state index contributed by atoms with van der Waals surface area (Å²) in [4.78, 5) is 29.9. The third-order valence-corrected chi connectivity index (χ3v) is 6.09. The number of carbonyl (C=O) groups is 2. The molecule has 1 aromatic heterocycles. The van der Waals surface area contributed by atoms with Crippen LogP contribution in [-0.4, -0.2) is 51.9 Å². The fraction of sp³-hybridized carbons (Fsp3) is 0.474. The predicted octanol–water partition coefficient (Wildman–Crippen LogP) is 3.06. The first-order valence-corrected chi connectivity index (χ1v) is 9.15. The molecule has 3 heterocycles. The molecular formula is C19H22ClN3O2. The zero-order chi connectivity index (χ0) is 17.8. The number of fused-ring (bicyclic) bond motifs is 1. The van der Waals surface area contributed by atoms with Crippen molar-refractivity contribution >= 4 is 34.3 Å². The molecule has 0 saturated carbocycles.